The molecule has 0 atom stereocenters. The minimum absolute atomic E-state index is 0.164. The number of aryl methyl sites for hydroxylation is 2. The molecule has 100 valence electrons. The van der Waals surface area contributed by atoms with Gasteiger partial charge in [0.25, 0.3) is 0 Å². The van der Waals surface area contributed by atoms with Crippen LogP contribution in [0.5, 0.6) is 0 Å². The quantitative estimate of drug-likeness (QED) is 0.726. The average Bonchev–Trinajstić information content (AvgIpc) is 2.95. The van der Waals surface area contributed by atoms with E-state index in [-0.39, 0.29) is 5.28 Å². The Morgan fingerprint density at radius 3 is 2.60 bits per heavy atom. The molecule has 2 aromatic heterocycles. The van der Waals surface area contributed by atoms with Crippen LogP contribution in [0.2, 0.25) is 5.28 Å². The first-order valence-electron chi connectivity index (χ1n) is 6.11. The van der Waals surface area contributed by atoms with Gasteiger partial charge >= 0.3 is 0 Å². The maximum atomic E-state index is 5.99. The largest absolute Gasteiger partial charge is 0.274 e. The van der Waals surface area contributed by atoms with Gasteiger partial charge < -0.3 is 0 Å². The maximum Gasteiger partial charge on any atom is 0.239 e. The highest BCUT2D eigenvalue weighted by molar-refractivity contribution is 6.28. The molecular formula is C14H12ClN5. The fraction of sp³-hybridized carbons (Fsp3) is 0.143. The van der Waals surface area contributed by atoms with Gasteiger partial charge in [0, 0.05) is 18.0 Å². The zero-order valence-corrected chi connectivity index (χ0v) is 11.8. The summed E-state index contributed by atoms with van der Waals surface area (Å²) in [7, 11) is 0. The molecule has 0 saturated carbocycles. The van der Waals surface area contributed by atoms with Gasteiger partial charge in [-0.1, -0.05) is 12.1 Å². The molecule has 0 aliphatic heterocycles. The van der Waals surface area contributed by atoms with E-state index in [4.69, 9.17) is 11.6 Å². The number of imidazole rings is 1. The van der Waals surface area contributed by atoms with Crippen LogP contribution in [-0.4, -0.2) is 24.5 Å². The third-order valence-corrected chi connectivity index (χ3v) is 3.27. The molecule has 0 amide bonds. The van der Waals surface area contributed by atoms with Gasteiger partial charge in [-0.3, -0.25) is 4.57 Å². The van der Waals surface area contributed by atoms with Gasteiger partial charge in [-0.25, -0.2) is 4.98 Å². The van der Waals surface area contributed by atoms with Crippen LogP contribution in [0.3, 0.4) is 0 Å². The minimum Gasteiger partial charge on any atom is -0.274 e. The molecule has 1 aromatic carbocycles. The number of rotatable bonds is 2. The summed E-state index contributed by atoms with van der Waals surface area (Å²) in [6, 6.07) is 6.06. The summed E-state index contributed by atoms with van der Waals surface area (Å²) < 4.78 is 1.69. The van der Waals surface area contributed by atoms with Gasteiger partial charge in [0.1, 0.15) is 6.33 Å². The lowest BCUT2D eigenvalue weighted by atomic mass is 10.1. The van der Waals surface area contributed by atoms with Crippen LogP contribution in [0.25, 0.3) is 17.3 Å². The Bertz CT molecular complexity index is 752. The summed E-state index contributed by atoms with van der Waals surface area (Å²) in [5, 5.41) is 0.164. The van der Waals surface area contributed by atoms with Crippen LogP contribution in [-0.2, 0) is 0 Å². The van der Waals surface area contributed by atoms with E-state index in [1.165, 1.54) is 11.1 Å². The van der Waals surface area contributed by atoms with Crippen LogP contribution in [0.1, 0.15) is 11.1 Å². The van der Waals surface area contributed by atoms with Crippen molar-refractivity contribution in [2.75, 3.05) is 0 Å². The molecule has 6 heteroatoms. The Balaban J connectivity index is 2.12. The van der Waals surface area contributed by atoms with Crippen molar-refractivity contribution in [1.82, 2.24) is 24.5 Å². The fourth-order valence-electron chi connectivity index (χ4n) is 1.84. The number of aromatic nitrogens is 5. The van der Waals surface area contributed by atoms with E-state index in [1.54, 1.807) is 23.3 Å². The molecule has 0 aliphatic rings. The first kappa shape index (κ1) is 12.7. The van der Waals surface area contributed by atoms with Crippen molar-refractivity contribution in [3.8, 4) is 17.3 Å². The second-order valence-electron chi connectivity index (χ2n) is 4.50. The van der Waals surface area contributed by atoms with Crippen LogP contribution in [0.4, 0.5) is 0 Å². The van der Waals surface area contributed by atoms with Crippen molar-refractivity contribution in [2.45, 2.75) is 13.8 Å². The van der Waals surface area contributed by atoms with Crippen LogP contribution < -0.4 is 0 Å². The first-order chi connectivity index (χ1) is 9.63. The Morgan fingerprint density at radius 2 is 1.90 bits per heavy atom. The molecule has 3 rings (SSSR count). The monoisotopic (exact) mass is 285 g/mol. The molecular weight excluding hydrogens is 274 g/mol. The van der Waals surface area contributed by atoms with E-state index in [1.807, 2.05) is 18.2 Å². The van der Waals surface area contributed by atoms with E-state index in [0.29, 0.717) is 11.8 Å². The summed E-state index contributed by atoms with van der Waals surface area (Å²) in [5.41, 5.74) is 3.32. The Hall–Kier alpha value is -2.27. The van der Waals surface area contributed by atoms with Gasteiger partial charge in [0.2, 0.25) is 11.2 Å². The Labute approximate surface area is 121 Å². The lowest BCUT2D eigenvalue weighted by molar-refractivity contribution is 0.899. The highest BCUT2D eigenvalue weighted by atomic mass is 35.5. The number of halogens is 1. The van der Waals surface area contributed by atoms with Gasteiger partial charge in [0.05, 0.1) is 0 Å². The first-order valence-corrected chi connectivity index (χ1v) is 6.49. The summed E-state index contributed by atoms with van der Waals surface area (Å²) in [4.78, 5) is 16.7. The molecule has 20 heavy (non-hydrogen) atoms. The van der Waals surface area contributed by atoms with E-state index in [2.05, 4.69) is 33.8 Å². The Kier molecular flexibility index (Phi) is 3.20. The average molecular weight is 286 g/mol. The van der Waals surface area contributed by atoms with Gasteiger partial charge in [-0.15, -0.1) is 0 Å². The van der Waals surface area contributed by atoms with Crippen molar-refractivity contribution in [3.05, 3.63) is 53.3 Å². The van der Waals surface area contributed by atoms with Crippen molar-refractivity contribution in [1.29, 1.82) is 0 Å². The third kappa shape index (κ3) is 2.40. The predicted molar refractivity (Wildman–Crippen MR) is 76.9 cm³/mol. The van der Waals surface area contributed by atoms with Crippen LogP contribution in [0.15, 0.2) is 36.9 Å². The van der Waals surface area contributed by atoms with E-state index < -0.39 is 0 Å². The number of hydrogen-bond acceptors (Lipinski definition) is 4. The molecule has 5 nitrogen and oxygen atoms in total. The van der Waals surface area contributed by atoms with Crippen molar-refractivity contribution < 1.29 is 0 Å². The summed E-state index contributed by atoms with van der Waals surface area (Å²) in [6.45, 7) is 4.12. The van der Waals surface area contributed by atoms with Crippen molar-refractivity contribution in [2.24, 2.45) is 0 Å². The highest BCUT2D eigenvalue weighted by Crippen LogP contribution is 2.20. The summed E-state index contributed by atoms with van der Waals surface area (Å²) in [6.07, 6.45) is 5.04. The molecule has 0 N–H and O–H groups in total. The zero-order valence-electron chi connectivity index (χ0n) is 11.1. The Morgan fingerprint density at radius 1 is 1.05 bits per heavy atom. The number of nitrogens with zero attached hydrogens (tertiary/aromatic N) is 5. The molecule has 0 fully saturated rings. The maximum absolute atomic E-state index is 5.99. The molecule has 0 aliphatic carbocycles. The number of benzene rings is 1. The zero-order chi connectivity index (χ0) is 14.1. The normalized spacial score (nSPS) is 10.8. The van der Waals surface area contributed by atoms with Crippen LogP contribution >= 0.6 is 11.6 Å². The van der Waals surface area contributed by atoms with Gasteiger partial charge in [-0.2, -0.15) is 15.0 Å². The highest BCUT2D eigenvalue weighted by Gasteiger charge is 2.09. The SMILES string of the molecule is Cc1ccc(-c2nc(Cl)nc(-n3ccnc3)n2)cc1C. The summed E-state index contributed by atoms with van der Waals surface area (Å²) in [5.74, 6) is 1.01. The standard InChI is InChI=1S/C14H12ClN5/c1-9-3-4-11(7-10(9)2)12-17-13(15)19-14(18-12)20-6-5-16-8-20/h3-8H,1-2H3. The van der Waals surface area contributed by atoms with E-state index in [9.17, 15) is 0 Å². The molecule has 0 radical (unpaired) electrons. The predicted octanol–water partition coefficient (Wildman–Crippen LogP) is 2.99. The fourth-order valence-corrected chi connectivity index (χ4v) is 2.00. The van der Waals surface area contributed by atoms with Gasteiger partial charge in [-0.05, 0) is 42.6 Å². The summed E-state index contributed by atoms with van der Waals surface area (Å²) >= 11 is 5.99. The van der Waals surface area contributed by atoms with E-state index in [0.717, 1.165) is 5.56 Å². The molecule has 3 aromatic rings. The second kappa shape index (κ2) is 5.02. The van der Waals surface area contributed by atoms with E-state index >= 15 is 0 Å². The molecule has 2 heterocycles. The molecule has 0 bridgehead atoms. The minimum atomic E-state index is 0.164. The number of hydrogen-bond donors (Lipinski definition) is 0. The van der Waals surface area contributed by atoms with Crippen molar-refractivity contribution >= 4 is 11.6 Å². The smallest absolute Gasteiger partial charge is 0.239 e. The third-order valence-electron chi connectivity index (χ3n) is 3.10. The van der Waals surface area contributed by atoms with Crippen molar-refractivity contribution in [3.63, 3.8) is 0 Å². The lowest BCUT2D eigenvalue weighted by Crippen LogP contribution is -2.03. The molecule has 0 saturated heterocycles. The second-order valence-corrected chi connectivity index (χ2v) is 4.84. The molecule has 0 unspecified atom stereocenters. The topological polar surface area (TPSA) is 56.5 Å². The lowest BCUT2D eigenvalue weighted by Gasteiger charge is -2.06. The van der Waals surface area contributed by atoms with Crippen LogP contribution in [0, 0.1) is 13.8 Å². The van der Waals surface area contributed by atoms with Gasteiger partial charge in [0.15, 0.2) is 5.82 Å². The molecule has 0 spiro atoms.